The molecule has 0 amide bonds. The summed E-state index contributed by atoms with van der Waals surface area (Å²) in [7, 11) is 0. The molecular formula is C18H28N4O3. The van der Waals surface area contributed by atoms with E-state index in [1.54, 1.807) is 0 Å². The Morgan fingerprint density at radius 2 is 1.92 bits per heavy atom. The van der Waals surface area contributed by atoms with E-state index in [0.29, 0.717) is 11.6 Å². The van der Waals surface area contributed by atoms with Gasteiger partial charge in [0.05, 0.1) is 12.4 Å². The van der Waals surface area contributed by atoms with Crippen molar-refractivity contribution < 1.29 is 4.74 Å². The predicted octanol–water partition coefficient (Wildman–Crippen LogP) is 2.80. The van der Waals surface area contributed by atoms with Crippen LogP contribution in [0, 0.1) is 16.7 Å². The van der Waals surface area contributed by atoms with Crippen molar-refractivity contribution in [3.8, 4) is 0 Å². The molecule has 1 saturated heterocycles. The van der Waals surface area contributed by atoms with Crippen LogP contribution in [0.15, 0.2) is 15.9 Å². The first-order valence-corrected chi connectivity index (χ1v) is 8.81. The number of rotatable bonds is 2. The number of ether oxygens (including phenoxy) is 1. The van der Waals surface area contributed by atoms with Gasteiger partial charge in [0.25, 0.3) is 5.56 Å². The smallest absolute Gasteiger partial charge is 0.329 e. The standard InChI is InChI=1S/C18H28N4O3/c1-17(2,3)8-11-10(18(4,5)6)7-12(25-11)22-14-13(21-16(22)24)15(23)20-9-19-14/h9-12H,7-8H2,1-6H3,(H,21,24)(H,19,20,23)/t10-,11?,12-/m1/s1. The molecule has 2 aromatic rings. The number of aromatic nitrogens is 4. The quantitative estimate of drug-likeness (QED) is 0.873. The fraction of sp³-hybridized carbons (Fsp3) is 0.722. The molecule has 2 aromatic heterocycles. The minimum atomic E-state index is -0.410. The van der Waals surface area contributed by atoms with Crippen molar-refractivity contribution in [1.82, 2.24) is 19.5 Å². The molecule has 1 unspecified atom stereocenters. The summed E-state index contributed by atoms with van der Waals surface area (Å²) in [6.07, 6.45) is 2.61. The topological polar surface area (TPSA) is 92.8 Å². The predicted molar refractivity (Wildman–Crippen MR) is 96.5 cm³/mol. The molecule has 1 aliphatic heterocycles. The lowest BCUT2D eigenvalue weighted by atomic mass is 9.73. The Morgan fingerprint density at radius 3 is 2.52 bits per heavy atom. The van der Waals surface area contributed by atoms with Crippen molar-refractivity contribution in [1.29, 1.82) is 0 Å². The second kappa shape index (κ2) is 5.83. The Labute approximate surface area is 146 Å². The molecule has 7 heteroatoms. The number of imidazole rings is 1. The minimum Gasteiger partial charge on any atom is -0.354 e. The van der Waals surface area contributed by atoms with Crippen molar-refractivity contribution in [2.75, 3.05) is 0 Å². The molecular weight excluding hydrogens is 320 g/mol. The van der Waals surface area contributed by atoms with E-state index in [1.807, 2.05) is 0 Å². The normalized spacial score (nSPS) is 25.0. The zero-order valence-electron chi connectivity index (χ0n) is 15.8. The number of hydrogen-bond acceptors (Lipinski definition) is 4. The summed E-state index contributed by atoms with van der Waals surface area (Å²) in [6, 6.07) is 0. The van der Waals surface area contributed by atoms with Gasteiger partial charge in [-0.2, -0.15) is 0 Å². The summed E-state index contributed by atoms with van der Waals surface area (Å²) in [5.74, 6) is 0.315. The van der Waals surface area contributed by atoms with Crippen LogP contribution in [0.25, 0.3) is 11.2 Å². The van der Waals surface area contributed by atoms with Crippen molar-refractivity contribution in [3.63, 3.8) is 0 Å². The third kappa shape index (κ3) is 3.42. The first-order chi connectivity index (χ1) is 11.5. The molecule has 3 atom stereocenters. The van der Waals surface area contributed by atoms with Crippen LogP contribution in [0.1, 0.15) is 60.6 Å². The highest BCUT2D eigenvalue weighted by Crippen LogP contribution is 2.46. The van der Waals surface area contributed by atoms with Crippen LogP contribution in [0.3, 0.4) is 0 Å². The fourth-order valence-corrected chi connectivity index (χ4v) is 3.81. The average molecular weight is 348 g/mol. The summed E-state index contributed by atoms with van der Waals surface area (Å²) in [6.45, 7) is 13.2. The minimum absolute atomic E-state index is 0.0591. The van der Waals surface area contributed by atoms with E-state index in [4.69, 9.17) is 4.74 Å². The van der Waals surface area contributed by atoms with Crippen molar-refractivity contribution in [2.24, 2.45) is 16.7 Å². The summed E-state index contributed by atoms with van der Waals surface area (Å²) < 4.78 is 7.83. The monoisotopic (exact) mass is 348 g/mol. The van der Waals surface area contributed by atoms with Gasteiger partial charge in [-0.3, -0.25) is 9.78 Å². The van der Waals surface area contributed by atoms with Crippen LogP contribution < -0.4 is 11.2 Å². The Hall–Kier alpha value is -1.89. The van der Waals surface area contributed by atoms with E-state index < -0.39 is 6.23 Å². The molecule has 0 spiro atoms. The second-order valence-electron chi connectivity index (χ2n) is 9.33. The van der Waals surface area contributed by atoms with Gasteiger partial charge in [-0.1, -0.05) is 41.5 Å². The largest absolute Gasteiger partial charge is 0.354 e. The average Bonchev–Trinajstić information content (AvgIpc) is 2.98. The molecule has 2 N–H and O–H groups in total. The van der Waals surface area contributed by atoms with E-state index in [9.17, 15) is 9.59 Å². The maximum Gasteiger partial charge on any atom is 0.329 e. The van der Waals surface area contributed by atoms with Crippen LogP contribution in [-0.2, 0) is 4.74 Å². The molecule has 0 radical (unpaired) electrons. The first-order valence-electron chi connectivity index (χ1n) is 8.81. The maximum absolute atomic E-state index is 12.5. The summed E-state index contributed by atoms with van der Waals surface area (Å²) >= 11 is 0. The highest BCUT2D eigenvalue weighted by Gasteiger charge is 2.44. The molecule has 1 fully saturated rings. The van der Waals surface area contributed by atoms with Gasteiger partial charge in [-0.25, -0.2) is 14.3 Å². The van der Waals surface area contributed by atoms with Crippen LogP contribution >= 0.6 is 0 Å². The number of nitrogens with one attached hydrogen (secondary N) is 2. The summed E-state index contributed by atoms with van der Waals surface area (Å²) in [4.78, 5) is 33.7. The second-order valence-corrected chi connectivity index (χ2v) is 9.33. The lowest BCUT2D eigenvalue weighted by Crippen LogP contribution is -2.31. The number of H-pyrrole nitrogens is 2. The number of aromatic amines is 2. The van der Waals surface area contributed by atoms with Crippen LogP contribution in [-0.4, -0.2) is 25.6 Å². The highest BCUT2D eigenvalue weighted by atomic mass is 16.5. The Kier molecular flexibility index (Phi) is 4.18. The van der Waals surface area contributed by atoms with Gasteiger partial charge >= 0.3 is 5.69 Å². The molecule has 138 valence electrons. The van der Waals surface area contributed by atoms with Crippen molar-refractivity contribution in [2.45, 2.75) is 66.7 Å². The number of fused-ring (bicyclic) bond motifs is 1. The highest BCUT2D eigenvalue weighted by molar-refractivity contribution is 5.68. The molecule has 3 rings (SSSR count). The van der Waals surface area contributed by atoms with Gasteiger partial charge in [0, 0.05) is 0 Å². The zero-order chi connectivity index (χ0) is 18.6. The van der Waals surface area contributed by atoms with Crippen molar-refractivity contribution in [3.05, 3.63) is 27.2 Å². The molecule has 1 aliphatic rings. The molecule has 0 aromatic carbocycles. The third-order valence-electron chi connectivity index (χ3n) is 4.96. The fourth-order valence-electron chi connectivity index (χ4n) is 3.81. The lowest BCUT2D eigenvalue weighted by molar-refractivity contribution is -0.0320. The molecule has 3 heterocycles. The third-order valence-corrected chi connectivity index (χ3v) is 4.96. The SMILES string of the molecule is CC(C)(C)CC1O[C@@H](n2c(=O)[nH]c3c(=O)[nH]cnc32)C[C@H]1C(C)(C)C. The van der Waals surface area contributed by atoms with Gasteiger partial charge in [0.1, 0.15) is 6.23 Å². The molecule has 25 heavy (non-hydrogen) atoms. The van der Waals surface area contributed by atoms with Gasteiger partial charge < -0.3 is 9.72 Å². The van der Waals surface area contributed by atoms with Gasteiger partial charge in [0.15, 0.2) is 11.2 Å². The number of hydrogen-bond donors (Lipinski definition) is 2. The van der Waals surface area contributed by atoms with Gasteiger partial charge in [-0.05, 0) is 29.6 Å². The van der Waals surface area contributed by atoms with Crippen LogP contribution in [0.5, 0.6) is 0 Å². The van der Waals surface area contributed by atoms with Gasteiger partial charge in [-0.15, -0.1) is 0 Å². The van der Waals surface area contributed by atoms with E-state index in [2.05, 4.69) is 56.5 Å². The number of nitrogens with zero attached hydrogens (tertiary/aromatic N) is 2. The van der Waals surface area contributed by atoms with E-state index in [-0.39, 0.29) is 33.7 Å². The Bertz CT molecular complexity index is 879. The van der Waals surface area contributed by atoms with E-state index in [0.717, 1.165) is 12.8 Å². The zero-order valence-corrected chi connectivity index (χ0v) is 15.8. The van der Waals surface area contributed by atoms with Crippen molar-refractivity contribution >= 4 is 11.2 Å². The maximum atomic E-state index is 12.5. The Balaban J connectivity index is 2.02. The van der Waals surface area contributed by atoms with E-state index >= 15 is 0 Å². The van der Waals surface area contributed by atoms with Gasteiger partial charge in [0.2, 0.25) is 0 Å². The van der Waals surface area contributed by atoms with E-state index in [1.165, 1.54) is 10.9 Å². The van der Waals surface area contributed by atoms with Crippen LogP contribution in [0.2, 0.25) is 0 Å². The Morgan fingerprint density at radius 1 is 1.24 bits per heavy atom. The first kappa shape index (κ1) is 17.9. The molecule has 7 nitrogen and oxygen atoms in total. The molecule has 0 bridgehead atoms. The summed E-state index contributed by atoms with van der Waals surface area (Å²) in [5, 5.41) is 0. The lowest BCUT2D eigenvalue weighted by Gasteiger charge is -2.33. The molecule has 0 saturated carbocycles. The molecule has 0 aliphatic carbocycles. The van der Waals surface area contributed by atoms with Crippen LogP contribution in [0.4, 0.5) is 0 Å². The summed E-state index contributed by atoms with van der Waals surface area (Å²) in [5.41, 5.74) is 0.0331.